The van der Waals surface area contributed by atoms with Crippen molar-refractivity contribution in [1.29, 1.82) is 0 Å². The predicted molar refractivity (Wildman–Crippen MR) is 163 cm³/mol. The van der Waals surface area contributed by atoms with Gasteiger partial charge in [-0.2, -0.15) is 0 Å². The van der Waals surface area contributed by atoms with Crippen molar-refractivity contribution in [3.8, 4) is 0 Å². The third-order valence-electron chi connectivity index (χ3n) is 9.45. The molecule has 0 unspecified atom stereocenters. The quantitative estimate of drug-likeness (QED) is 0.232. The number of benzene rings is 3. The van der Waals surface area contributed by atoms with Gasteiger partial charge in [0.05, 0.1) is 29.1 Å². The minimum Gasteiger partial charge on any atom is -0.289 e. The predicted octanol–water partition coefficient (Wildman–Crippen LogP) is 6.94. The van der Waals surface area contributed by atoms with E-state index in [1.165, 1.54) is 16.2 Å². The highest BCUT2D eigenvalue weighted by Gasteiger charge is 2.69. The molecule has 41 heavy (non-hydrogen) atoms. The number of hydrogen-bond donors (Lipinski definition) is 0. The summed E-state index contributed by atoms with van der Waals surface area (Å²) in [7, 11) is 0. The molecule has 2 saturated carbocycles. The van der Waals surface area contributed by atoms with Gasteiger partial charge in [0.2, 0.25) is 11.8 Å². The molecule has 9 heteroatoms. The molecule has 0 N–H and O–H groups in total. The number of hydrogen-bond acceptors (Lipinski definition) is 5. The number of amides is 2. The van der Waals surface area contributed by atoms with Gasteiger partial charge in [-0.15, -0.1) is 11.8 Å². The van der Waals surface area contributed by atoms with E-state index in [4.69, 9.17) is 23.2 Å². The average molecular weight is 620 g/mol. The van der Waals surface area contributed by atoms with Gasteiger partial charge >= 0.3 is 4.87 Å². The van der Waals surface area contributed by atoms with Gasteiger partial charge in [-0.1, -0.05) is 77.0 Å². The molecule has 2 amide bonds. The van der Waals surface area contributed by atoms with Crippen LogP contribution < -0.4 is 9.77 Å². The summed E-state index contributed by atoms with van der Waals surface area (Å²) in [6.45, 7) is 0.505. The van der Waals surface area contributed by atoms with Gasteiger partial charge in [0, 0.05) is 26.1 Å². The first kappa shape index (κ1) is 25.8. The molecular formula is C32H24Cl2N2O3S2. The van der Waals surface area contributed by atoms with Gasteiger partial charge in [0.15, 0.2) is 0 Å². The number of halogens is 2. The van der Waals surface area contributed by atoms with E-state index >= 15 is 0 Å². The Morgan fingerprint density at radius 2 is 1.41 bits per heavy atom. The van der Waals surface area contributed by atoms with E-state index in [9.17, 15) is 14.4 Å². The Morgan fingerprint density at radius 1 is 0.780 bits per heavy atom. The topological polar surface area (TPSA) is 59.4 Å². The maximum absolute atomic E-state index is 13.9. The van der Waals surface area contributed by atoms with Gasteiger partial charge in [-0.25, -0.2) is 0 Å². The summed E-state index contributed by atoms with van der Waals surface area (Å²) in [4.78, 5) is 43.8. The van der Waals surface area contributed by atoms with Crippen LogP contribution in [0.1, 0.15) is 28.3 Å². The lowest BCUT2D eigenvalue weighted by Gasteiger charge is -2.43. The summed E-state index contributed by atoms with van der Waals surface area (Å²) in [5, 5.41) is 2.36. The molecule has 3 aromatic carbocycles. The Balaban J connectivity index is 1.23. The number of thiazole rings is 1. The monoisotopic (exact) mass is 618 g/mol. The number of imide groups is 1. The molecule has 8 rings (SSSR count). The molecular weight excluding hydrogens is 595 g/mol. The fourth-order valence-corrected chi connectivity index (χ4v) is 11.3. The lowest BCUT2D eigenvalue weighted by atomic mass is 9.68. The van der Waals surface area contributed by atoms with Crippen LogP contribution in [0.5, 0.6) is 0 Å². The summed E-state index contributed by atoms with van der Waals surface area (Å²) in [6, 6.07) is 24.9. The van der Waals surface area contributed by atoms with Gasteiger partial charge in [-0.3, -0.25) is 23.9 Å². The zero-order valence-electron chi connectivity index (χ0n) is 21.7. The zero-order valence-corrected chi connectivity index (χ0v) is 24.8. The standard InChI is InChI=1S/C32H24Cl2N2O3S2/c33-18-8-6-17(7-9-18)23-24-21-14-22(26-25(21)29(37)36(30(26)38)20-12-10-19(34)11-13-20)27(24)40-31-28(23)41-32(39)35(31)15-16-4-2-1-3-5-16/h1-13,21-27H,14-15H2/t21-,22-,23-,24-,25+,26-,27+/m1/s1. The smallest absolute Gasteiger partial charge is 0.289 e. The van der Waals surface area contributed by atoms with E-state index in [1.807, 2.05) is 47.0 Å². The van der Waals surface area contributed by atoms with E-state index in [-0.39, 0.29) is 57.4 Å². The highest BCUT2D eigenvalue weighted by molar-refractivity contribution is 8.00. The Kier molecular flexibility index (Phi) is 6.05. The number of fused-ring (bicyclic) bond motifs is 9. The van der Waals surface area contributed by atoms with Crippen LogP contribution in [0.15, 0.2) is 88.7 Å². The fraction of sp³-hybridized carbons (Fsp3) is 0.281. The van der Waals surface area contributed by atoms with Gasteiger partial charge in [0.25, 0.3) is 0 Å². The lowest BCUT2D eigenvalue weighted by molar-refractivity contribution is -0.123. The van der Waals surface area contributed by atoms with E-state index in [1.54, 1.807) is 36.0 Å². The van der Waals surface area contributed by atoms with Crippen molar-refractivity contribution in [2.45, 2.75) is 29.2 Å². The van der Waals surface area contributed by atoms with E-state index in [0.717, 1.165) is 27.5 Å². The Morgan fingerprint density at radius 3 is 2.10 bits per heavy atom. The van der Waals surface area contributed by atoms with Crippen LogP contribution in [-0.4, -0.2) is 21.6 Å². The summed E-state index contributed by atoms with van der Waals surface area (Å²) in [5.41, 5.74) is 2.76. The molecule has 0 radical (unpaired) electrons. The van der Waals surface area contributed by atoms with E-state index in [2.05, 4.69) is 12.1 Å². The Bertz CT molecular complexity index is 1750. The number of rotatable bonds is 4. The van der Waals surface area contributed by atoms with Crippen molar-refractivity contribution in [2.24, 2.45) is 29.6 Å². The van der Waals surface area contributed by atoms with Crippen LogP contribution in [0.4, 0.5) is 5.69 Å². The number of carbonyl (C=O) groups is 2. The highest BCUT2D eigenvalue weighted by Crippen LogP contribution is 2.69. The molecule has 206 valence electrons. The van der Waals surface area contributed by atoms with Crippen molar-refractivity contribution < 1.29 is 9.59 Å². The van der Waals surface area contributed by atoms with Crippen LogP contribution in [0, 0.1) is 29.6 Å². The first-order valence-electron chi connectivity index (χ1n) is 13.7. The van der Waals surface area contributed by atoms with Crippen molar-refractivity contribution >= 4 is 63.8 Å². The van der Waals surface area contributed by atoms with Crippen LogP contribution in [-0.2, 0) is 16.1 Å². The second-order valence-electron chi connectivity index (χ2n) is 11.4. The highest BCUT2D eigenvalue weighted by atomic mass is 35.5. The molecule has 5 nitrogen and oxygen atoms in total. The molecule has 0 spiro atoms. The maximum atomic E-state index is 13.9. The third-order valence-corrected chi connectivity index (χ3v) is 12.7. The molecule has 2 aliphatic heterocycles. The maximum Gasteiger partial charge on any atom is 0.308 e. The minimum atomic E-state index is -0.343. The molecule has 1 saturated heterocycles. The van der Waals surface area contributed by atoms with Crippen LogP contribution >= 0.6 is 46.3 Å². The van der Waals surface area contributed by atoms with Gasteiger partial charge in [-0.05, 0) is 71.7 Å². The van der Waals surface area contributed by atoms with Crippen molar-refractivity contribution in [1.82, 2.24) is 4.57 Å². The zero-order chi connectivity index (χ0) is 28.0. The lowest BCUT2D eigenvalue weighted by Crippen LogP contribution is -2.43. The molecule has 2 bridgehead atoms. The molecule has 3 fully saturated rings. The van der Waals surface area contributed by atoms with Crippen LogP contribution in [0.3, 0.4) is 0 Å². The molecule has 3 heterocycles. The minimum absolute atomic E-state index is 0.0268. The molecule has 4 aliphatic rings. The molecule has 1 aromatic heterocycles. The summed E-state index contributed by atoms with van der Waals surface area (Å²) in [5.74, 6) is -0.649. The Hall–Kier alpha value is -2.84. The number of nitrogens with zero attached hydrogens (tertiary/aromatic N) is 2. The average Bonchev–Trinajstić information content (AvgIpc) is 3.69. The summed E-state index contributed by atoms with van der Waals surface area (Å²) >= 11 is 15.5. The van der Waals surface area contributed by atoms with Crippen LogP contribution in [0.2, 0.25) is 10.0 Å². The van der Waals surface area contributed by atoms with Gasteiger partial charge < -0.3 is 0 Å². The third kappa shape index (κ3) is 3.86. The van der Waals surface area contributed by atoms with Crippen molar-refractivity contribution in [2.75, 3.05) is 4.90 Å². The van der Waals surface area contributed by atoms with E-state index < -0.39 is 0 Å². The summed E-state index contributed by atoms with van der Waals surface area (Å²) in [6.07, 6.45) is 0.853. The normalized spacial score (nSPS) is 29.5. The number of anilines is 1. The number of thioether (sulfide) groups is 1. The second-order valence-corrected chi connectivity index (χ2v) is 14.4. The van der Waals surface area contributed by atoms with Crippen LogP contribution in [0.25, 0.3) is 0 Å². The number of carbonyl (C=O) groups excluding carboxylic acids is 2. The Labute approximate surface area is 255 Å². The first-order valence-corrected chi connectivity index (χ1v) is 16.2. The first-order chi connectivity index (χ1) is 19.9. The second kappa shape index (κ2) is 9.60. The summed E-state index contributed by atoms with van der Waals surface area (Å²) < 4.78 is 1.91. The van der Waals surface area contributed by atoms with Crippen molar-refractivity contribution in [3.63, 3.8) is 0 Å². The van der Waals surface area contributed by atoms with Gasteiger partial charge in [0.1, 0.15) is 0 Å². The van der Waals surface area contributed by atoms with E-state index in [0.29, 0.717) is 22.3 Å². The van der Waals surface area contributed by atoms with Crippen molar-refractivity contribution in [3.05, 3.63) is 115 Å². The largest absolute Gasteiger partial charge is 0.308 e. The molecule has 2 aliphatic carbocycles. The fourth-order valence-electron chi connectivity index (χ4n) is 7.91. The molecule has 4 aromatic rings. The number of aromatic nitrogens is 1. The molecule has 7 atom stereocenters. The SMILES string of the molecule is O=C1[C@@H]2[C@H]3C[C@@H]([C@@H]2C(=O)N1c1ccc(Cl)cc1)[C@@H]1[C@@H](c2ccc(Cl)cc2)c2sc(=O)n(Cc4ccccc4)c2S[C@@H]31.